The molecule has 0 aliphatic heterocycles. The molecular weight excluding hydrogens is 387 g/mol. The minimum absolute atomic E-state index is 0.000612. The Morgan fingerprint density at radius 1 is 1.38 bits per heavy atom. The Balaban J connectivity index is 3.27. The molecule has 1 aromatic heterocycles. The van der Waals surface area contributed by atoms with Crippen LogP contribution >= 0.6 is 22.6 Å². The van der Waals surface area contributed by atoms with Crippen LogP contribution in [0.5, 0.6) is 0 Å². The molecule has 21 heavy (non-hydrogen) atoms. The maximum atomic E-state index is 12.4. The molecule has 1 heterocycles. The number of carbonyl (C=O) groups excluding carboxylic acids is 2. The molecule has 0 fully saturated rings. The minimum atomic E-state index is -0.623. The molecule has 6 nitrogen and oxygen atoms in total. The lowest BCUT2D eigenvalue weighted by Gasteiger charge is -2.22. The summed E-state index contributed by atoms with van der Waals surface area (Å²) in [5, 5.41) is 2.86. The molecule has 0 bridgehead atoms. The number of ether oxygens (including phenoxy) is 2. The van der Waals surface area contributed by atoms with Crippen molar-refractivity contribution in [2.24, 2.45) is 0 Å². The van der Waals surface area contributed by atoms with E-state index in [9.17, 15) is 9.59 Å². The molecule has 0 radical (unpaired) electrons. The summed E-state index contributed by atoms with van der Waals surface area (Å²) in [6, 6.07) is 0. The maximum absolute atomic E-state index is 12.4. The van der Waals surface area contributed by atoms with Gasteiger partial charge in [0.1, 0.15) is 23.6 Å². The van der Waals surface area contributed by atoms with Crippen LogP contribution in [0, 0.1) is 3.57 Å². The summed E-state index contributed by atoms with van der Waals surface area (Å²) in [5.74, 6) is -0.518. The first-order valence-corrected chi connectivity index (χ1v) is 7.45. The van der Waals surface area contributed by atoms with Crippen molar-refractivity contribution in [2.75, 3.05) is 12.4 Å². The van der Waals surface area contributed by atoms with Crippen molar-refractivity contribution >= 4 is 40.3 Å². The highest BCUT2D eigenvalue weighted by Gasteiger charge is 2.25. The molecule has 1 rings (SSSR count). The number of pyridine rings is 1. The fourth-order valence-electron chi connectivity index (χ4n) is 1.58. The van der Waals surface area contributed by atoms with Crippen molar-refractivity contribution in [3.63, 3.8) is 0 Å². The molecule has 0 atom stereocenters. The summed E-state index contributed by atoms with van der Waals surface area (Å²) in [5.41, 5.74) is 0.252. The minimum Gasteiger partial charge on any atom is -0.461 e. The van der Waals surface area contributed by atoms with Gasteiger partial charge >= 0.3 is 11.9 Å². The molecule has 0 amide bonds. The molecule has 116 valence electrons. The zero-order chi connectivity index (χ0) is 16.2. The van der Waals surface area contributed by atoms with E-state index < -0.39 is 17.5 Å². The Kier molecular flexibility index (Phi) is 5.94. The van der Waals surface area contributed by atoms with E-state index in [0.717, 1.165) is 3.57 Å². The Labute approximate surface area is 137 Å². The standard InChI is InChI=1S/C14H19IN2O4/c1-8(18)20-7-9-10(15)6-17-12(16-5)11(9)13(19)21-14(2,3)4/h6H,7H2,1-5H3,(H,16,17). The van der Waals surface area contributed by atoms with Gasteiger partial charge < -0.3 is 14.8 Å². The second kappa shape index (κ2) is 7.06. The first-order valence-electron chi connectivity index (χ1n) is 6.37. The molecule has 0 saturated heterocycles. The summed E-state index contributed by atoms with van der Waals surface area (Å²) in [6.45, 7) is 6.69. The Bertz CT molecular complexity index is 553. The molecule has 0 aliphatic rings. The number of hydrogen-bond acceptors (Lipinski definition) is 6. The zero-order valence-electron chi connectivity index (χ0n) is 12.7. The molecule has 0 unspecified atom stereocenters. The van der Waals surface area contributed by atoms with Crippen LogP contribution in [-0.2, 0) is 20.9 Å². The van der Waals surface area contributed by atoms with Crippen molar-refractivity contribution < 1.29 is 19.1 Å². The third kappa shape index (κ3) is 5.14. The highest BCUT2D eigenvalue weighted by molar-refractivity contribution is 14.1. The van der Waals surface area contributed by atoms with E-state index in [1.165, 1.54) is 6.92 Å². The van der Waals surface area contributed by atoms with Gasteiger partial charge in [0.15, 0.2) is 0 Å². The maximum Gasteiger partial charge on any atom is 0.342 e. The van der Waals surface area contributed by atoms with E-state index in [1.54, 1.807) is 34.0 Å². The van der Waals surface area contributed by atoms with Crippen LogP contribution in [0.3, 0.4) is 0 Å². The van der Waals surface area contributed by atoms with E-state index in [1.807, 2.05) is 22.6 Å². The van der Waals surface area contributed by atoms with Crippen LogP contribution in [0.25, 0.3) is 0 Å². The van der Waals surface area contributed by atoms with E-state index in [4.69, 9.17) is 9.47 Å². The summed E-state index contributed by atoms with van der Waals surface area (Å²) in [4.78, 5) is 27.6. The Hall–Kier alpha value is -1.38. The van der Waals surface area contributed by atoms with Gasteiger partial charge in [-0.1, -0.05) is 0 Å². The van der Waals surface area contributed by atoms with Crippen molar-refractivity contribution in [1.29, 1.82) is 0 Å². The number of halogens is 1. The molecule has 0 spiro atoms. The number of anilines is 1. The van der Waals surface area contributed by atoms with Crippen LogP contribution in [0.15, 0.2) is 6.20 Å². The summed E-state index contributed by atoms with van der Waals surface area (Å²) in [7, 11) is 1.67. The molecule has 1 N–H and O–H groups in total. The smallest absolute Gasteiger partial charge is 0.342 e. The number of hydrogen-bond donors (Lipinski definition) is 1. The first kappa shape index (κ1) is 17.7. The number of rotatable bonds is 4. The average Bonchev–Trinajstić information content (AvgIpc) is 2.34. The molecular formula is C14H19IN2O4. The van der Waals surface area contributed by atoms with Crippen LogP contribution < -0.4 is 5.32 Å². The van der Waals surface area contributed by atoms with Gasteiger partial charge in [0.2, 0.25) is 0 Å². The topological polar surface area (TPSA) is 77.5 Å². The third-order valence-electron chi connectivity index (χ3n) is 2.39. The third-order valence-corrected chi connectivity index (χ3v) is 3.32. The lowest BCUT2D eigenvalue weighted by molar-refractivity contribution is -0.142. The summed E-state index contributed by atoms with van der Waals surface area (Å²) in [6.07, 6.45) is 1.61. The lowest BCUT2D eigenvalue weighted by atomic mass is 10.1. The van der Waals surface area contributed by atoms with Gasteiger partial charge in [-0.05, 0) is 43.4 Å². The second-order valence-corrected chi connectivity index (χ2v) is 6.50. The average molecular weight is 406 g/mol. The SMILES string of the molecule is CNc1ncc(I)c(COC(C)=O)c1C(=O)OC(C)(C)C. The largest absolute Gasteiger partial charge is 0.461 e. The van der Waals surface area contributed by atoms with E-state index in [-0.39, 0.29) is 6.61 Å². The quantitative estimate of drug-likeness (QED) is 0.612. The van der Waals surface area contributed by atoms with E-state index in [0.29, 0.717) is 16.9 Å². The fourth-order valence-corrected chi connectivity index (χ4v) is 2.14. The van der Waals surface area contributed by atoms with E-state index >= 15 is 0 Å². The summed E-state index contributed by atoms with van der Waals surface area (Å²) < 4.78 is 11.2. The molecule has 7 heteroatoms. The molecule has 0 saturated carbocycles. The molecule has 0 aromatic carbocycles. The van der Waals surface area contributed by atoms with Crippen molar-refractivity contribution in [3.8, 4) is 0 Å². The molecule has 0 aliphatic carbocycles. The van der Waals surface area contributed by atoms with Crippen LogP contribution in [-0.4, -0.2) is 29.6 Å². The highest BCUT2D eigenvalue weighted by Crippen LogP contribution is 2.26. The molecule has 1 aromatic rings. The zero-order valence-corrected chi connectivity index (χ0v) is 14.9. The summed E-state index contributed by atoms with van der Waals surface area (Å²) >= 11 is 2.05. The number of carbonyl (C=O) groups is 2. The monoisotopic (exact) mass is 406 g/mol. The van der Waals surface area contributed by atoms with Gasteiger partial charge in [-0.3, -0.25) is 4.79 Å². The van der Waals surface area contributed by atoms with Crippen molar-refractivity contribution in [3.05, 3.63) is 20.9 Å². The lowest BCUT2D eigenvalue weighted by Crippen LogP contribution is -2.26. The van der Waals surface area contributed by atoms with Gasteiger partial charge in [-0.15, -0.1) is 0 Å². The van der Waals surface area contributed by atoms with Crippen LogP contribution in [0.2, 0.25) is 0 Å². The highest BCUT2D eigenvalue weighted by atomic mass is 127. The van der Waals surface area contributed by atoms with Gasteiger partial charge in [0, 0.05) is 29.3 Å². The predicted octanol–water partition coefficient (Wildman–Crippen LogP) is 2.75. The van der Waals surface area contributed by atoms with E-state index in [2.05, 4.69) is 10.3 Å². The predicted molar refractivity (Wildman–Crippen MR) is 87.1 cm³/mol. The Morgan fingerprint density at radius 3 is 2.48 bits per heavy atom. The second-order valence-electron chi connectivity index (χ2n) is 5.34. The van der Waals surface area contributed by atoms with Crippen LogP contribution in [0.4, 0.5) is 5.82 Å². The fraction of sp³-hybridized carbons (Fsp3) is 0.500. The Morgan fingerprint density at radius 2 is 2.00 bits per heavy atom. The van der Waals surface area contributed by atoms with Gasteiger partial charge in [0.05, 0.1) is 0 Å². The van der Waals surface area contributed by atoms with Gasteiger partial charge in [-0.2, -0.15) is 0 Å². The number of nitrogens with zero attached hydrogens (tertiary/aromatic N) is 1. The normalized spacial score (nSPS) is 11.0. The van der Waals surface area contributed by atoms with Gasteiger partial charge in [-0.25, -0.2) is 9.78 Å². The number of nitrogens with one attached hydrogen (secondary N) is 1. The van der Waals surface area contributed by atoms with Crippen molar-refractivity contribution in [1.82, 2.24) is 4.98 Å². The van der Waals surface area contributed by atoms with Crippen LogP contribution in [0.1, 0.15) is 43.6 Å². The number of esters is 2. The van der Waals surface area contributed by atoms with Gasteiger partial charge in [0.25, 0.3) is 0 Å². The first-order chi connectivity index (χ1) is 9.65. The van der Waals surface area contributed by atoms with Crippen molar-refractivity contribution in [2.45, 2.75) is 39.9 Å². The number of aromatic nitrogens is 1.